The summed E-state index contributed by atoms with van der Waals surface area (Å²) in [7, 11) is 0. The Morgan fingerprint density at radius 2 is 0.786 bits per heavy atom. The van der Waals surface area contributed by atoms with Crippen LogP contribution in [-0.4, -0.2) is 0 Å². The second-order valence-corrected chi connectivity index (χ2v) is 5.01. The molecule has 1 radical (unpaired) electrons. The first-order valence-electron chi connectivity index (χ1n) is 7.41. The second kappa shape index (κ2) is 11.5. The first kappa shape index (κ1) is 24.8. The maximum absolute atomic E-state index is 10.6. The van der Waals surface area contributed by atoms with E-state index < -0.39 is 33.5 Å². The molecule has 0 amide bonds. The predicted octanol–water partition coefficient (Wildman–Crippen LogP) is 0.0630. The van der Waals surface area contributed by atoms with Gasteiger partial charge in [-0.2, -0.15) is 0 Å². The van der Waals surface area contributed by atoms with Gasteiger partial charge in [-0.1, -0.05) is 0 Å². The van der Waals surface area contributed by atoms with Gasteiger partial charge in [-0.15, -0.1) is 0 Å². The van der Waals surface area contributed by atoms with Crippen LogP contribution >= 0.6 is 0 Å². The Morgan fingerprint density at radius 1 is 0.571 bits per heavy atom. The van der Waals surface area contributed by atoms with Crippen molar-refractivity contribution >= 4 is 0 Å². The molecular formula is C18H15FeO9. The van der Waals surface area contributed by atoms with Crippen LogP contribution < -0.4 is 31.6 Å². The zero-order chi connectivity index (χ0) is 20.6. The van der Waals surface area contributed by atoms with Gasteiger partial charge in [0.05, 0.1) is 36.1 Å². The van der Waals surface area contributed by atoms with Crippen molar-refractivity contribution in [2.75, 3.05) is 0 Å². The summed E-state index contributed by atoms with van der Waals surface area (Å²) in [6.07, 6.45) is 3.62. The van der Waals surface area contributed by atoms with Gasteiger partial charge in [-0.05, 0) is 38.0 Å². The van der Waals surface area contributed by atoms with E-state index >= 15 is 0 Å². The van der Waals surface area contributed by atoms with Crippen LogP contribution in [0.4, 0.5) is 0 Å². The maximum atomic E-state index is 10.6. The van der Waals surface area contributed by atoms with Gasteiger partial charge in [0.1, 0.15) is 0 Å². The molecule has 0 unspecified atom stereocenters. The summed E-state index contributed by atoms with van der Waals surface area (Å²) in [4.78, 5) is 31.4. The number of rotatable bonds is 0. The zero-order valence-electron chi connectivity index (χ0n) is 15.0. The Bertz CT molecular complexity index is 927. The van der Waals surface area contributed by atoms with Crippen LogP contribution in [0.3, 0.4) is 0 Å². The molecule has 3 rings (SSSR count). The summed E-state index contributed by atoms with van der Waals surface area (Å²) in [5, 5.41) is 31.7. The predicted molar refractivity (Wildman–Crippen MR) is 87.5 cm³/mol. The molecule has 0 saturated carbocycles. The van der Waals surface area contributed by atoms with Crippen LogP contribution in [-0.2, 0) is 17.1 Å². The van der Waals surface area contributed by atoms with E-state index in [0.717, 1.165) is 18.2 Å². The molecule has 3 heterocycles. The summed E-state index contributed by atoms with van der Waals surface area (Å²) in [6.45, 7) is 4.39. The van der Waals surface area contributed by atoms with Crippen molar-refractivity contribution in [1.82, 2.24) is 0 Å². The van der Waals surface area contributed by atoms with Crippen LogP contribution in [0.25, 0.3) is 0 Å². The minimum Gasteiger partial charge on any atom is -0.868 e. The van der Waals surface area contributed by atoms with Crippen molar-refractivity contribution in [3.05, 3.63) is 84.9 Å². The Balaban J connectivity index is 0.000000384. The molecule has 149 valence electrons. The molecule has 9 nitrogen and oxygen atoms in total. The van der Waals surface area contributed by atoms with E-state index in [1.807, 2.05) is 0 Å². The van der Waals surface area contributed by atoms with E-state index in [1.54, 1.807) is 0 Å². The average molecular weight is 431 g/mol. The van der Waals surface area contributed by atoms with E-state index in [1.165, 1.54) is 39.6 Å². The van der Waals surface area contributed by atoms with Gasteiger partial charge in [0, 0.05) is 18.2 Å². The second-order valence-electron chi connectivity index (χ2n) is 5.01. The van der Waals surface area contributed by atoms with Gasteiger partial charge in [0.15, 0.2) is 16.3 Å². The van der Waals surface area contributed by atoms with Crippen molar-refractivity contribution in [3.8, 4) is 17.2 Å². The summed E-state index contributed by atoms with van der Waals surface area (Å²) in [5.41, 5.74) is -1.55. The van der Waals surface area contributed by atoms with E-state index in [0.29, 0.717) is 0 Å². The molecule has 0 bridgehead atoms. The van der Waals surface area contributed by atoms with Gasteiger partial charge >= 0.3 is 17.1 Å². The standard InChI is InChI=1S/3C6H6O3.Fe/c3*1-4-6(8)5(7)2-3-9-4;/h3*2-3,8H,1H3;/q;;;+3/p-3. The van der Waals surface area contributed by atoms with Crippen molar-refractivity contribution in [3.63, 3.8) is 0 Å². The smallest absolute Gasteiger partial charge is 0.868 e. The van der Waals surface area contributed by atoms with Crippen LogP contribution in [0.1, 0.15) is 17.3 Å². The summed E-state index contributed by atoms with van der Waals surface area (Å²) in [6, 6.07) is 3.32. The molecule has 0 fully saturated rings. The van der Waals surface area contributed by atoms with Crippen molar-refractivity contribution in [1.29, 1.82) is 0 Å². The van der Waals surface area contributed by atoms with Crippen LogP contribution in [0.5, 0.6) is 17.2 Å². The van der Waals surface area contributed by atoms with Crippen LogP contribution in [0, 0.1) is 20.8 Å². The zero-order valence-corrected chi connectivity index (χ0v) is 16.1. The van der Waals surface area contributed by atoms with E-state index in [9.17, 15) is 29.7 Å². The molecule has 10 heteroatoms. The Morgan fingerprint density at radius 3 is 0.929 bits per heavy atom. The molecule has 0 atom stereocenters. The summed E-state index contributed by atoms with van der Waals surface area (Å²) < 4.78 is 13.9. The Hall–Kier alpha value is -3.23. The third kappa shape index (κ3) is 7.18. The Labute approximate surface area is 169 Å². The fourth-order valence-corrected chi connectivity index (χ4v) is 1.50. The van der Waals surface area contributed by atoms with E-state index in [2.05, 4.69) is 13.3 Å². The monoisotopic (exact) mass is 431 g/mol. The van der Waals surface area contributed by atoms with Crippen molar-refractivity contribution < 1.29 is 45.6 Å². The normalized spacial score (nSPS) is 9.11. The van der Waals surface area contributed by atoms with E-state index in [-0.39, 0.29) is 34.3 Å². The third-order valence-corrected chi connectivity index (χ3v) is 3.02. The molecule has 0 N–H and O–H groups in total. The molecule has 0 spiro atoms. The van der Waals surface area contributed by atoms with Gasteiger partial charge < -0.3 is 28.6 Å². The summed E-state index contributed by atoms with van der Waals surface area (Å²) >= 11 is 0. The Kier molecular flexibility index (Phi) is 10.2. The first-order valence-corrected chi connectivity index (χ1v) is 7.41. The first-order chi connectivity index (χ1) is 12.6. The quantitative estimate of drug-likeness (QED) is 0.449. The van der Waals surface area contributed by atoms with Crippen molar-refractivity contribution in [2.45, 2.75) is 20.8 Å². The molecule has 0 aliphatic carbocycles. The number of hydrogen-bond acceptors (Lipinski definition) is 9. The third-order valence-electron chi connectivity index (χ3n) is 3.02. The molecule has 3 aromatic heterocycles. The molecule has 3 aromatic rings. The molecular weight excluding hydrogens is 416 g/mol. The number of hydrogen-bond donors (Lipinski definition) is 0. The molecule has 0 aromatic carbocycles. The largest absolute Gasteiger partial charge is 3.00 e. The number of aryl methyl sites for hydroxylation is 3. The minimum absolute atomic E-state index is 0. The topological polar surface area (TPSA) is 160 Å². The van der Waals surface area contributed by atoms with Crippen molar-refractivity contribution in [2.24, 2.45) is 0 Å². The average Bonchev–Trinajstić information content (AvgIpc) is 2.63. The molecule has 0 aliphatic rings. The van der Waals surface area contributed by atoms with Gasteiger partial charge in [-0.25, -0.2) is 0 Å². The molecule has 0 saturated heterocycles. The minimum atomic E-state index is -0.558. The van der Waals surface area contributed by atoms with Gasteiger partial charge in [0.2, 0.25) is 0 Å². The summed E-state index contributed by atoms with van der Waals surface area (Å²) in [5.74, 6) is -1.25. The molecule has 0 aliphatic heterocycles. The van der Waals surface area contributed by atoms with Gasteiger partial charge in [0.25, 0.3) is 0 Å². The van der Waals surface area contributed by atoms with Crippen LogP contribution in [0.2, 0.25) is 0 Å². The SMILES string of the molecule is Cc1occc(=O)c1[O-].Cc1occc(=O)c1[O-].Cc1occc(=O)c1[O-].[Fe+3]. The maximum Gasteiger partial charge on any atom is 3.00 e. The molecule has 28 heavy (non-hydrogen) atoms. The fraction of sp³-hybridized carbons (Fsp3) is 0.167. The van der Waals surface area contributed by atoms with Gasteiger partial charge in [-0.3, -0.25) is 14.4 Å². The fourth-order valence-electron chi connectivity index (χ4n) is 1.50. The van der Waals surface area contributed by atoms with Crippen LogP contribution in [0.15, 0.2) is 64.6 Å². The van der Waals surface area contributed by atoms with E-state index in [4.69, 9.17) is 0 Å².